The molecule has 1 aromatic rings. The molecule has 7 nitrogen and oxygen atoms in total. The maximum absolute atomic E-state index is 11.7. The number of rotatable bonds is 10. The summed E-state index contributed by atoms with van der Waals surface area (Å²) < 4.78 is 2.21. The molecule has 0 radical (unpaired) electrons. The van der Waals surface area contributed by atoms with Crippen LogP contribution in [0.15, 0.2) is 41.1 Å². The molecular formula is C27H34N3O4S+. The molecule has 2 N–H and O–H groups in total. The van der Waals surface area contributed by atoms with Gasteiger partial charge in [0.2, 0.25) is 0 Å². The Hall–Kier alpha value is -3.20. The molecule has 0 amide bonds. The number of nitrogens with zero attached hydrogens (tertiary/aromatic N) is 3. The van der Waals surface area contributed by atoms with Crippen molar-refractivity contribution >= 4 is 29.4 Å². The highest BCUT2D eigenvalue weighted by molar-refractivity contribution is 8.02. The fraction of sp³-hybridized carbons (Fsp3) is 0.444. The van der Waals surface area contributed by atoms with E-state index in [1.807, 2.05) is 43.4 Å². The lowest BCUT2D eigenvalue weighted by atomic mass is 9.95. The number of allylic oxidation sites excluding steroid dienone is 5. The lowest BCUT2D eigenvalue weighted by Crippen LogP contribution is -2.51. The Morgan fingerprint density at radius 1 is 1.14 bits per heavy atom. The topological polar surface area (TPSA) is 92.4 Å². The molecule has 1 aromatic heterocycles. The van der Waals surface area contributed by atoms with Crippen LogP contribution in [0.5, 0.6) is 0 Å². The first-order valence-corrected chi connectivity index (χ1v) is 12.4. The van der Waals surface area contributed by atoms with Gasteiger partial charge in [-0.2, -0.15) is 0 Å². The van der Waals surface area contributed by atoms with Gasteiger partial charge in [0.05, 0.1) is 44.9 Å². The number of quaternary nitrogens is 1. The van der Waals surface area contributed by atoms with E-state index in [1.54, 1.807) is 18.2 Å². The molecule has 186 valence electrons. The van der Waals surface area contributed by atoms with Crippen LogP contribution in [0.25, 0.3) is 5.70 Å². The van der Waals surface area contributed by atoms with Crippen LogP contribution in [0.1, 0.15) is 38.8 Å². The number of thioether (sulfide) groups is 1. The highest BCUT2D eigenvalue weighted by Crippen LogP contribution is 2.29. The Balaban J connectivity index is 2.03. The van der Waals surface area contributed by atoms with Crippen LogP contribution < -0.4 is 0 Å². The lowest BCUT2D eigenvalue weighted by molar-refractivity contribution is -0.887. The Morgan fingerprint density at radius 2 is 1.86 bits per heavy atom. The molecule has 0 bridgehead atoms. The molecule has 0 saturated heterocycles. The largest absolute Gasteiger partial charge is 0.481 e. The molecule has 1 aliphatic rings. The molecule has 2 atom stereocenters. The summed E-state index contributed by atoms with van der Waals surface area (Å²) in [5, 5.41) is 21.6. The molecule has 0 saturated carbocycles. The quantitative estimate of drug-likeness (QED) is 0.374. The molecule has 2 heterocycles. The standard InChI is InChI=1S/C27H33N3O4S/c1-20(2)14-15-21(25(31)32)12-10-8-6-7-9-11-13-23-16-17-35-27-28-22(19-29(23)27)18-24(26(33)34)30(3,4)5/h8,10,13,16-17,19-21,24H,12,14-15,18H2,1-5H3,(H-,31,32,33,34)/p+1/b10-8?,23-13+. The second-order valence-corrected chi connectivity index (χ2v) is 10.6. The molecule has 35 heavy (non-hydrogen) atoms. The van der Waals surface area contributed by atoms with Crippen molar-refractivity contribution in [1.29, 1.82) is 0 Å². The summed E-state index contributed by atoms with van der Waals surface area (Å²) in [6, 6.07) is -0.596. The monoisotopic (exact) mass is 496 g/mol. The minimum Gasteiger partial charge on any atom is -0.481 e. The summed E-state index contributed by atoms with van der Waals surface area (Å²) in [6.07, 6.45) is 11.3. The number of carbonyl (C=O) groups is 2. The SMILES string of the molecule is CC(C)CCC(CC=CC#CC#C/C=C1\C=CSc2nc(CC(C(=O)O)[N+](C)(C)C)cn21)C(=O)O. The predicted molar refractivity (Wildman–Crippen MR) is 139 cm³/mol. The number of fused-ring (bicyclic) bond motifs is 1. The van der Waals surface area contributed by atoms with Gasteiger partial charge in [-0.25, -0.2) is 9.78 Å². The van der Waals surface area contributed by atoms with Crippen LogP contribution in [0.4, 0.5) is 0 Å². The van der Waals surface area contributed by atoms with E-state index in [4.69, 9.17) is 0 Å². The number of carboxylic acids is 2. The van der Waals surface area contributed by atoms with Gasteiger partial charge in [-0.15, -0.1) is 0 Å². The van der Waals surface area contributed by atoms with Crippen molar-refractivity contribution in [2.24, 2.45) is 11.8 Å². The van der Waals surface area contributed by atoms with Crippen LogP contribution >= 0.6 is 11.8 Å². The second kappa shape index (κ2) is 13.0. The van der Waals surface area contributed by atoms with Crippen molar-refractivity contribution in [2.75, 3.05) is 21.1 Å². The summed E-state index contributed by atoms with van der Waals surface area (Å²) in [6.45, 7) is 4.17. The summed E-state index contributed by atoms with van der Waals surface area (Å²) in [5.74, 6) is 9.75. The fourth-order valence-corrected chi connectivity index (χ4v) is 4.19. The highest BCUT2D eigenvalue weighted by Gasteiger charge is 2.32. The normalized spacial score (nSPS) is 15.8. The second-order valence-electron chi connectivity index (χ2n) is 9.73. The van der Waals surface area contributed by atoms with Crippen molar-refractivity contribution < 1.29 is 24.3 Å². The van der Waals surface area contributed by atoms with Gasteiger partial charge in [-0.3, -0.25) is 9.36 Å². The average molecular weight is 497 g/mol. The zero-order valence-electron chi connectivity index (χ0n) is 21.0. The van der Waals surface area contributed by atoms with E-state index in [2.05, 4.69) is 42.5 Å². The third kappa shape index (κ3) is 9.16. The van der Waals surface area contributed by atoms with Crippen LogP contribution in [-0.2, 0) is 16.0 Å². The lowest BCUT2D eigenvalue weighted by Gasteiger charge is -2.30. The van der Waals surface area contributed by atoms with Gasteiger partial charge >= 0.3 is 11.9 Å². The van der Waals surface area contributed by atoms with Gasteiger partial charge in [0.1, 0.15) is 0 Å². The van der Waals surface area contributed by atoms with E-state index in [0.717, 1.165) is 17.3 Å². The maximum atomic E-state index is 11.7. The average Bonchev–Trinajstić information content (AvgIpc) is 3.18. The van der Waals surface area contributed by atoms with Crippen LogP contribution in [0, 0.1) is 35.5 Å². The van der Waals surface area contributed by atoms with Crippen molar-refractivity contribution in [3.63, 3.8) is 0 Å². The Labute approximate surface area is 212 Å². The van der Waals surface area contributed by atoms with E-state index >= 15 is 0 Å². The van der Waals surface area contributed by atoms with E-state index in [-0.39, 0.29) is 5.92 Å². The zero-order valence-corrected chi connectivity index (χ0v) is 21.8. The summed E-state index contributed by atoms with van der Waals surface area (Å²) in [7, 11) is 5.58. The van der Waals surface area contributed by atoms with Gasteiger partial charge in [-0.05, 0) is 48.2 Å². The van der Waals surface area contributed by atoms with Crippen LogP contribution in [0.3, 0.4) is 0 Å². The number of aliphatic carboxylic acids is 2. The molecule has 2 rings (SSSR count). The minimum absolute atomic E-state index is 0.305. The maximum Gasteiger partial charge on any atom is 0.362 e. The molecule has 0 fully saturated rings. The molecule has 8 heteroatoms. The fourth-order valence-electron chi connectivity index (χ4n) is 3.42. The van der Waals surface area contributed by atoms with E-state index in [1.165, 1.54) is 11.8 Å². The third-order valence-corrected chi connectivity index (χ3v) is 6.30. The molecule has 0 aliphatic carbocycles. The minimum atomic E-state index is -0.849. The van der Waals surface area contributed by atoms with E-state index in [9.17, 15) is 19.8 Å². The first-order chi connectivity index (χ1) is 16.5. The number of hydrogen-bond acceptors (Lipinski definition) is 4. The van der Waals surface area contributed by atoms with Crippen molar-refractivity contribution in [2.45, 2.75) is 50.7 Å². The van der Waals surface area contributed by atoms with Crippen molar-refractivity contribution in [3.8, 4) is 23.7 Å². The first-order valence-electron chi connectivity index (χ1n) is 11.5. The van der Waals surface area contributed by atoms with Crippen molar-refractivity contribution in [3.05, 3.63) is 41.6 Å². The number of imidazole rings is 1. The number of carboxylic acid groups (broad SMARTS) is 2. The van der Waals surface area contributed by atoms with E-state index < -0.39 is 18.0 Å². The van der Waals surface area contributed by atoms with Gasteiger partial charge in [0, 0.05) is 12.3 Å². The molecule has 0 aromatic carbocycles. The molecule has 1 aliphatic heterocycles. The first kappa shape index (κ1) is 28.0. The summed E-state index contributed by atoms with van der Waals surface area (Å²) in [5.41, 5.74) is 1.54. The van der Waals surface area contributed by atoms with Gasteiger partial charge in [-0.1, -0.05) is 49.9 Å². The van der Waals surface area contributed by atoms with E-state index in [0.29, 0.717) is 35.4 Å². The molecule has 0 spiro atoms. The Morgan fingerprint density at radius 3 is 2.49 bits per heavy atom. The van der Waals surface area contributed by atoms with Crippen molar-refractivity contribution in [1.82, 2.24) is 9.55 Å². The number of hydrogen-bond donors (Lipinski definition) is 2. The summed E-state index contributed by atoms with van der Waals surface area (Å²) >= 11 is 1.47. The molecule has 2 unspecified atom stereocenters. The predicted octanol–water partition coefficient (Wildman–Crippen LogP) is 4.14. The Kier molecular flexibility index (Phi) is 10.4. The number of aromatic nitrogens is 2. The zero-order chi connectivity index (χ0) is 26.0. The summed E-state index contributed by atoms with van der Waals surface area (Å²) in [4.78, 5) is 27.6. The van der Waals surface area contributed by atoms with Gasteiger partial charge < -0.3 is 14.7 Å². The smallest absolute Gasteiger partial charge is 0.362 e. The number of likely N-dealkylation sites (N-methyl/N-ethyl adjacent to an activating group) is 1. The van der Waals surface area contributed by atoms with Crippen LogP contribution in [-0.4, -0.2) is 63.4 Å². The Bertz CT molecular complexity index is 1130. The third-order valence-electron chi connectivity index (χ3n) is 5.53. The van der Waals surface area contributed by atoms with Gasteiger partial charge in [0.15, 0.2) is 11.2 Å². The highest BCUT2D eigenvalue weighted by atomic mass is 32.2. The van der Waals surface area contributed by atoms with Crippen LogP contribution in [0.2, 0.25) is 0 Å². The van der Waals surface area contributed by atoms with Gasteiger partial charge in [0.25, 0.3) is 0 Å². The molecular weight excluding hydrogens is 462 g/mol.